The summed E-state index contributed by atoms with van der Waals surface area (Å²) in [5, 5.41) is 26.5. The van der Waals surface area contributed by atoms with E-state index < -0.39 is 41.5 Å². The van der Waals surface area contributed by atoms with E-state index in [-0.39, 0.29) is 27.8 Å². The van der Waals surface area contributed by atoms with Crippen molar-refractivity contribution in [1.29, 1.82) is 0 Å². The van der Waals surface area contributed by atoms with E-state index in [0.29, 0.717) is 5.69 Å². The Bertz CT molecular complexity index is 1760. The zero-order valence-corrected chi connectivity index (χ0v) is 19.7. The van der Waals surface area contributed by atoms with Gasteiger partial charge in [0, 0.05) is 0 Å². The van der Waals surface area contributed by atoms with Crippen molar-refractivity contribution in [3.8, 4) is 5.75 Å². The molecular formula is C22H17N5O7S2. The monoisotopic (exact) mass is 527 g/mol. The summed E-state index contributed by atoms with van der Waals surface area (Å²) in [5.74, 6) is -0.762. The summed E-state index contributed by atoms with van der Waals surface area (Å²) in [7, 11) is -9.61. The quantitative estimate of drug-likeness (QED) is 0.144. The van der Waals surface area contributed by atoms with Crippen molar-refractivity contribution in [2.75, 3.05) is 5.73 Å². The fourth-order valence-electron chi connectivity index (χ4n) is 3.30. The molecule has 0 aromatic heterocycles. The Morgan fingerprint density at radius 3 is 1.94 bits per heavy atom. The first kappa shape index (κ1) is 24.9. The van der Waals surface area contributed by atoms with Gasteiger partial charge in [-0.2, -0.15) is 21.9 Å². The van der Waals surface area contributed by atoms with Crippen molar-refractivity contribution in [3.63, 3.8) is 0 Å². The maximum atomic E-state index is 12.0. The highest BCUT2D eigenvalue weighted by Crippen LogP contribution is 2.46. The lowest BCUT2D eigenvalue weighted by atomic mass is 10.1. The number of azo groups is 2. The second kappa shape index (κ2) is 9.43. The van der Waals surface area contributed by atoms with Gasteiger partial charge in [-0.15, -0.1) is 15.3 Å². The van der Waals surface area contributed by atoms with Crippen LogP contribution in [0, 0.1) is 0 Å². The lowest BCUT2D eigenvalue weighted by Crippen LogP contribution is -2.00. The summed E-state index contributed by atoms with van der Waals surface area (Å²) < 4.78 is 66.4. The molecule has 0 aliphatic heterocycles. The van der Waals surface area contributed by atoms with Crippen molar-refractivity contribution in [1.82, 2.24) is 0 Å². The molecule has 0 atom stereocenters. The highest BCUT2D eigenvalue weighted by Gasteiger charge is 2.24. The maximum Gasteiger partial charge on any atom is 0.296 e. The van der Waals surface area contributed by atoms with Crippen LogP contribution in [0.2, 0.25) is 0 Å². The van der Waals surface area contributed by atoms with Gasteiger partial charge in [0.05, 0.1) is 16.8 Å². The number of nitrogens with two attached hydrogens (primary N) is 1. The average molecular weight is 528 g/mol. The lowest BCUT2D eigenvalue weighted by molar-refractivity contribution is 0.472. The molecule has 0 fully saturated rings. The van der Waals surface area contributed by atoms with Crippen molar-refractivity contribution in [2.45, 2.75) is 9.79 Å². The molecule has 0 radical (unpaired) electrons. The first-order chi connectivity index (χ1) is 17.0. The summed E-state index contributed by atoms with van der Waals surface area (Å²) in [5.41, 5.74) is 5.76. The number of phenols is 1. The van der Waals surface area contributed by atoms with Crippen LogP contribution in [0.4, 0.5) is 28.4 Å². The van der Waals surface area contributed by atoms with E-state index in [1.165, 1.54) is 30.3 Å². The second-order valence-corrected chi connectivity index (χ2v) is 10.1. The van der Waals surface area contributed by atoms with Crippen molar-refractivity contribution in [2.24, 2.45) is 20.5 Å². The highest BCUT2D eigenvalue weighted by molar-refractivity contribution is 7.86. The van der Waals surface area contributed by atoms with Gasteiger partial charge in [0.25, 0.3) is 20.2 Å². The van der Waals surface area contributed by atoms with Crippen LogP contribution in [-0.2, 0) is 20.2 Å². The first-order valence-electron chi connectivity index (χ1n) is 9.97. The number of phenolic OH excluding ortho intramolecular Hbond substituents is 1. The minimum Gasteiger partial charge on any atom is -0.505 e. The zero-order valence-electron chi connectivity index (χ0n) is 18.1. The van der Waals surface area contributed by atoms with Crippen LogP contribution >= 0.6 is 0 Å². The van der Waals surface area contributed by atoms with Gasteiger partial charge in [-0.3, -0.25) is 9.11 Å². The lowest BCUT2D eigenvalue weighted by Gasteiger charge is -2.12. The number of rotatable bonds is 6. The number of anilines is 1. The topological polar surface area (TPSA) is 204 Å². The molecule has 4 rings (SSSR count). The average Bonchev–Trinajstić information content (AvgIpc) is 2.82. The normalized spacial score (nSPS) is 12.6. The fraction of sp³-hybridized carbons (Fsp3) is 0. The maximum absolute atomic E-state index is 12.0. The molecule has 0 aliphatic rings. The van der Waals surface area contributed by atoms with Crippen molar-refractivity contribution >= 4 is 59.4 Å². The van der Waals surface area contributed by atoms with Gasteiger partial charge in [-0.25, -0.2) is 0 Å². The van der Waals surface area contributed by atoms with E-state index in [1.54, 1.807) is 30.3 Å². The third-order valence-corrected chi connectivity index (χ3v) is 6.71. The third-order valence-electron chi connectivity index (χ3n) is 4.94. The predicted molar refractivity (Wildman–Crippen MR) is 131 cm³/mol. The standard InChI is InChI=1S/C22H17N5O7S2/c23-20-16(26-24-14-6-2-1-3-7-14)11-10-13-12-18(36(32,33)34)21(22(28)19(13)20)27-25-15-8-4-5-9-17(15)35(29,30)31/h1-12,28H,23H2,(H,29,30,31)(H,32,33,34). The molecule has 4 aromatic carbocycles. The van der Waals surface area contributed by atoms with Gasteiger partial charge in [-0.05, 0) is 41.8 Å². The molecule has 0 bridgehead atoms. The number of hydrogen-bond donors (Lipinski definition) is 4. The van der Waals surface area contributed by atoms with Crippen LogP contribution in [0.25, 0.3) is 10.8 Å². The van der Waals surface area contributed by atoms with E-state index in [1.807, 2.05) is 0 Å². The van der Waals surface area contributed by atoms with Crippen molar-refractivity contribution < 1.29 is 31.0 Å². The van der Waals surface area contributed by atoms with Gasteiger partial charge < -0.3 is 10.8 Å². The molecule has 12 nitrogen and oxygen atoms in total. The van der Waals surface area contributed by atoms with Crippen LogP contribution in [-0.4, -0.2) is 31.0 Å². The Morgan fingerprint density at radius 1 is 0.667 bits per heavy atom. The smallest absolute Gasteiger partial charge is 0.296 e. The molecule has 0 saturated carbocycles. The fourth-order valence-corrected chi connectivity index (χ4v) is 4.58. The predicted octanol–water partition coefficient (Wildman–Crippen LogP) is 5.45. The zero-order chi connectivity index (χ0) is 26.1. The molecule has 14 heteroatoms. The van der Waals surface area contributed by atoms with Gasteiger partial charge in [-0.1, -0.05) is 36.4 Å². The Labute approximate surface area is 205 Å². The number of nitrogens with zero attached hydrogens (tertiary/aromatic N) is 4. The first-order valence-corrected chi connectivity index (χ1v) is 12.9. The van der Waals surface area contributed by atoms with E-state index in [0.717, 1.165) is 12.1 Å². The Balaban J connectivity index is 1.92. The highest BCUT2D eigenvalue weighted by atomic mass is 32.2. The van der Waals surface area contributed by atoms with Crippen LogP contribution in [0.1, 0.15) is 0 Å². The van der Waals surface area contributed by atoms with Crippen LogP contribution in [0.3, 0.4) is 0 Å². The van der Waals surface area contributed by atoms with E-state index in [2.05, 4.69) is 20.5 Å². The molecule has 5 N–H and O–H groups in total. The molecule has 36 heavy (non-hydrogen) atoms. The van der Waals surface area contributed by atoms with E-state index in [4.69, 9.17) is 5.73 Å². The Morgan fingerprint density at radius 2 is 1.28 bits per heavy atom. The summed E-state index contributed by atoms with van der Waals surface area (Å²) >= 11 is 0. The molecule has 184 valence electrons. The summed E-state index contributed by atoms with van der Waals surface area (Å²) in [6.45, 7) is 0. The minimum atomic E-state index is -4.92. The Kier molecular flexibility index (Phi) is 6.51. The summed E-state index contributed by atoms with van der Waals surface area (Å²) in [4.78, 5) is -1.41. The van der Waals surface area contributed by atoms with Gasteiger partial charge in [0.1, 0.15) is 26.9 Å². The number of hydrogen-bond acceptors (Lipinski definition) is 10. The second-order valence-electron chi connectivity index (χ2n) is 7.32. The largest absolute Gasteiger partial charge is 0.505 e. The molecule has 0 amide bonds. The molecule has 0 spiro atoms. The number of aromatic hydroxyl groups is 1. The van der Waals surface area contributed by atoms with Gasteiger partial charge >= 0.3 is 0 Å². The summed E-state index contributed by atoms with van der Waals surface area (Å²) in [6.07, 6.45) is 0. The van der Waals surface area contributed by atoms with Crippen LogP contribution < -0.4 is 5.73 Å². The van der Waals surface area contributed by atoms with Gasteiger partial charge in [0.15, 0.2) is 5.75 Å². The van der Waals surface area contributed by atoms with E-state index >= 15 is 0 Å². The SMILES string of the molecule is Nc1c(N=Nc2ccccc2)ccc2cc(S(=O)(=O)O)c(N=Nc3ccccc3S(=O)(=O)O)c(O)c12. The Hall–Kier alpha value is -4.24. The van der Waals surface area contributed by atoms with Crippen molar-refractivity contribution in [3.05, 3.63) is 72.8 Å². The summed E-state index contributed by atoms with van der Waals surface area (Å²) in [6, 6.07) is 17.6. The van der Waals surface area contributed by atoms with E-state index in [9.17, 15) is 31.0 Å². The number of fused-ring (bicyclic) bond motifs is 1. The molecule has 0 saturated heterocycles. The number of benzene rings is 4. The minimum absolute atomic E-state index is 0.0519. The molecular weight excluding hydrogens is 510 g/mol. The third kappa shape index (κ3) is 5.06. The van der Waals surface area contributed by atoms with Crippen LogP contribution in [0.5, 0.6) is 5.75 Å². The van der Waals surface area contributed by atoms with Crippen LogP contribution in [0.15, 0.2) is 103 Å². The molecule has 0 heterocycles. The van der Waals surface area contributed by atoms with Gasteiger partial charge in [0.2, 0.25) is 0 Å². The molecule has 0 aliphatic carbocycles. The number of nitrogen functional groups attached to an aromatic ring is 1. The molecule has 0 unspecified atom stereocenters. The molecule has 4 aromatic rings.